The van der Waals surface area contributed by atoms with Gasteiger partial charge in [-0.25, -0.2) is 4.98 Å². The Morgan fingerprint density at radius 2 is 1.77 bits per heavy atom. The first-order chi connectivity index (χ1) is 17.3. The van der Waals surface area contributed by atoms with Crippen LogP contribution in [0.1, 0.15) is 44.2 Å². The molecule has 0 spiro atoms. The summed E-state index contributed by atoms with van der Waals surface area (Å²) in [6, 6.07) is 11.4. The van der Waals surface area contributed by atoms with Crippen molar-refractivity contribution in [1.82, 2.24) is 24.4 Å². The van der Waals surface area contributed by atoms with Crippen molar-refractivity contribution in [2.24, 2.45) is 0 Å². The van der Waals surface area contributed by atoms with Crippen molar-refractivity contribution in [3.63, 3.8) is 0 Å². The van der Waals surface area contributed by atoms with Crippen LogP contribution in [0.15, 0.2) is 47.4 Å². The van der Waals surface area contributed by atoms with Crippen LogP contribution in [0.25, 0.3) is 22.3 Å². The Balaban J connectivity index is 1.28. The lowest BCUT2D eigenvalue weighted by Gasteiger charge is -2.34. The maximum absolute atomic E-state index is 5.07. The van der Waals surface area contributed by atoms with Crippen LogP contribution in [0.2, 0.25) is 0 Å². The minimum Gasteiger partial charge on any atom is -0.364 e. The number of thiophene rings is 1. The molecule has 1 saturated heterocycles. The quantitative estimate of drug-likeness (QED) is 0.375. The highest BCUT2D eigenvalue weighted by molar-refractivity contribution is 7.08. The molecule has 0 amide bonds. The van der Waals surface area contributed by atoms with Crippen LogP contribution < -0.4 is 10.2 Å². The summed E-state index contributed by atoms with van der Waals surface area (Å²) in [5.74, 6) is 1.66. The molecule has 7 nitrogen and oxygen atoms in total. The van der Waals surface area contributed by atoms with E-state index in [0.29, 0.717) is 12.6 Å². The summed E-state index contributed by atoms with van der Waals surface area (Å²) >= 11 is 1.73. The third-order valence-corrected chi connectivity index (χ3v) is 8.18. The molecular weight excluding hydrogens is 454 g/mol. The van der Waals surface area contributed by atoms with E-state index in [4.69, 9.17) is 15.0 Å². The summed E-state index contributed by atoms with van der Waals surface area (Å²) in [6.07, 6.45) is 6.97. The first kappa shape index (κ1) is 22.5. The summed E-state index contributed by atoms with van der Waals surface area (Å²) in [6.45, 7) is 8.06. The zero-order valence-corrected chi connectivity index (χ0v) is 21.2. The van der Waals surface area contributed by atoms with Gasteiger partial charge in [0, 0.05) is 38.8 Å². The Hall–Kier alpha value is -2.97. The molecule has 1 aliphatic carbocycles. The average molecular weight is 488 g/mol. The number of nitrogens with one attached hydrogen (secondary N) is 1. The molecule has 1 saturated carbocycles. The number of rotatable bonds is 7. The van der Waals surface area contributed by atoms with E-state index in [1.54, 1.807) is 11.3 Å². The molecule has 0 radical (unpaired) electrons. The van der Waals surface area contributed by atoms with E-state index in [1.165, 1.54) is 42.4 Å². The van der Waals surface area contributed by atoms with Crippen molar-refractivity contribution in [2.75, 3.05) is 42.9 Å². The van der Waals surface area contributed by atoms with Crippen LogP contribution in [0, 0.1) is 0 Å². The third kappa shape index (κ3) is 4.65. The van der Waals surface area contributed by atoms with Crippen LogP contribution in [-0.2, 0) is 6.54 Å². The molecule has 1 aromatic carbocycles. The van der Waals surface area contributed by atoms with Crippen molar-refractivity contribution in [3.05, 3.63) is 53.0 Å². The molecule has 2 fully saturated rings. The van der Waals surface area contributed by atoms with Crippen molar-refractivity contribution < 1.29 is 0 Å². The standard InChI is InChI=1S/C27H33N7S/c1-2-32-12-14-33(15-13-32)27-30-25(24-26(31-27)34(19-29-24)23-5-3-4-6-23)28-17-20-7-9-21(10-8-20)22-11-16-35-18-22/h7-11,16,18-19,23H,2-6,12-15,17H2,1H3,(H,28,30,31). The zero-order chi connectivity index (χ0) is 23.6. The molecule has 4 heterocycles. The number of aromatic nitrogens is 4. The molecule has 182 valence electrons. The maximum atomic E-state index is 5.07. The van der Waals surface area contributed by atoms with Gasteiger partial charge in [0.05, 0.1) is 6.33 Å². The van der Waals surface area contributed by atoms with Crippen LogP contribution in [0.5, 0.6) is 0 Å². The van der Waals surface area contributed by atoms with Gasteiger partial charge in [0.1, 0.15) is 0 Å². The lowest BCUT2D eigenvalue weighted by Crippen LogP contribution is -2.46. The van der Waals surface area contributed by atoms with E-state index in [9.17, 15) is 0 Å². The molecule has 8 heteroatoms. The predicted molar refractivity (Wildman–Crippen MR) is 144 cm³/mol. The number of benzene rings is 1. The number of hydrogen-bond acceptors (Lipinski definition) is 7. The second kappa shape index (κ2) is 9.95. The number of fused-ring (bicyclic) bond motifs is 1. The summed E-state index contributed by atoms with van der Waals surface area (Å²) in [5.41, 5.74) is 5.60. The van der Waals surface area contributed by atoms with Crippen LogP contribution >= 0.6 is 11.3 Å². The highest BCUT2D eigenvalue weighted by Gasteiger charge is 2.24. The summed E-state index contributed by atoms with van der Waals surface area (Å²) in [7, 11) is 0. The Bertz CT molecular complexity index is 1250. The number of piperazine rings is 1. The lowest BCUT2D eigenvalue weighted by atomic mass is 10.1. The molecule has 0 unspecified atom stereocenters. The number of hydrogen-bond donors (Lipinski definition) is 1. The molecule has 0 atom stereocenters. The van der Waals surface area contributed by atoms with E-state index < -0.39 is 0 Å². The van der Waals surface area contributed by atoms with Gasteiger partial charge in [-0.05, 0) is 52.9 Å². The molecule has 1 aliphatic heterocycles. The van der Waals surface area contributed by atoms with Crippen molar-refractivity contribution in [2.45, 2.75) is 45.2 Å². The van der Waals surface area contributed by atoms with Crippen LogP contribution in [0.3, 0.4) is 0 Å². The van der Waals surface area contributed by atoms with E-state index >= 15 is 0 Å². The van der Waals surface area contributed by atoms with Gasteiger partial charge in [0.25, 0.3) is 0 Å². The fraction of sp³-hybridized carbons (Fsp3) is 0.444. The largest absolute Gasteiger partial charge is 0.364 e. The molecule has 1 N–H and O–H groups in total. The number of likely N-dealkylation sites (N-methyl/N-ethyl adjacent to an activating group) is 1. The highest BCUT2D eigenvalue weighted by atomic mass is 32.1. The van der Waals surface area contributed by atoms with Gasteiger partial charge in [0.2, 0.25) is 5.95 Å². The van der Waals surface area contributed by atoms with Gasteiger partial charge in [0.15, 0.2) is 17.0 Å². The molecule has 4 aromatic rings. The van der Waals surface area contributed by atoms with Crippen molar-refractivity contribution >= 4 is 34.3 Å². The van der Waals surface area contributed by atoms with Crippen LogP contribution in [0.4, 0.5) is 11.8 Å². The molecular formula is C27H33N7S. The smallest absolute Gasteiger partial charge is 0.229 e. The topological polar surface area (TPSA) is 62.1 Å². The minimum absolute atomic E-state index is 0.497. The number of imidazole rings is 1. The first-order valence-electron chi connectivity index (χ1n) is 12.9. The van der Waals surface area contributed by atoms with Crippen LogP contribution in [-0.4, -0.2) is 57.1 Å². The van der Waals surface area contributed by atoms with Gasteiger partial charge in [-0.2, -0.15) is 21.3 Å². The fourth-order valence-corrected chi connectivity index (χ4v) is 5.98. The Kier molecular flexibility index (Phi) is 6.39. The summed E-state index contributed by atoms with van der Waals surface area (Å²) < 4.78 is 2.30. The average Bonchev–Trinajstić information content (AvgIpc) is 3.69. The Morgan fingerprint density at radius 1 is 0.971 bits per heavy atom. The normalized spacial score (nSPS) is 17.5. The highest BCUT2D eigenvalue weighted by Crippen LogP contribution is 2.33. The monoisotopic (exact) mass is 487 g/mol. The lowest BCUT2D eigenvalue weighted by molar-refractivity contribution is 0.270. The second-order valence-electron chi connectivity index (χ2n) is 9.62. The molecule has 2 aliphatic rings. The Morgan fingerprint density at radius 3 is 2.49 bits per heavy atom. The number of nitrogens with zero attached hydrogens (tertiary/aromatic N) is 6. The predicted octanol–water partition coefficient (Wildman–Crippen LogP) is 5.42. The van der Waals surface area contributed by atoms with Gasteiger partial charge in [-0.15, -0.1) is 0 Å². The zero-order valence-electron chi connectivity index (χ0n) is 20.4. The van der Waals surface area contributed by atoms with Gasteiger partial charge in [-0.3, -0.25) is 0 Å². The summed E-state index contributed by atoms with van der Waals surface area (Å²) in [4.78, 5) is 19.7. The van der Waals surface area contributed by atoms with Gasteiger partial charge >= 0.3 is 0 Å². The summed E-state index contributed by atoms with van der Waals surface area (Å²) in [5, 5.41) is 7.91. The van der Waals surface area contributed by atoms with E-state index in [0.717, 1.165) is 55.7 Å². The SMILES string of the molecule is CCN1CCN(c2nc(NCc3ccc(-c4ccsc4)cc3)c3ncn(C4CCCC4)c3n2)CC1. The van der Waals surface area contributed by atoms with Gasteiger partial charge in [-0.1, -0.05) is 44.0 Å². The van der Waals surface area contributed by atoms with Crippen molar-refractivity contribution in [1.29, 1.82) is 0 Å². The van der Waals surface area contributed by atoms with E-state index in [1.807, 2.05) is 6.33 Å². The third-order valence-electron chi connectivity index (χ3n) is 7.50. The first-order valence-corrected chi connectivity index (χ1v) is 13.8. The minimum atomic E-state index is 0.497. The molecule has 3 aromatic heterocycles. The van der Waals surface area contributed by atoms with Gasteiger partial charge < -0.3 is 19.7 Å². The fourth-order valence-electron chi connectivity index (χ4n) is 5.31. The second-order valence-corrected chi connectivity index (χ2v) is 10.4. The molecule has 0 bridgehead atoms. The molecule has 35 heavy (non-hydrogen) atoms. The van der Waals surface area contributed by atoms with Crippen molar-refractivity contribution in [3.8, 4) is 11.1 Å². The van der Waals surface area contributed by atoms with E-state index in [2.05, 4.69) is 67.7 Å². The number of anilines is 2. The van der Waals surface area contributed by atoms with E-state index in [-0.39, 0.29) is 0 Å². The molecule has 6 rings (SSSR count). The Labute approximate surface area is 210 Å². The maximum Gasteiger partial charge on any atom is 0.229 e.